The second kappa shape index (κ2) is 7.11. The molecule has 1 saturated heterocycles. The molecule has 6 heteroatoms. The van der Waals surface area contributed by atoms with Gasteiger partial charge < -0.3 is 5.32 Å². The maximum absolute atomic E-state index is 12.4. The summed E-state index contributed by atoms with van der Waals surface area (Å²) in [5.74, 6) is 0.289. The van der Waals surface area contributed by atoms with Gasteiger partial charge in [-0.3, -0.25) is 4.90 Å². The summed E-state index contributed by atoms with van der Waals surface area (Å²) in [6.45, 7) is 3.09. The molecule has 1 aliphatic heterocycles. The molecule has 1 aromatic carbocycles. The largest absolute Gasteiger partial charge is 0.401 e. The molecular weight excluding hydrogens is 345 g/mol. The van der Waals surface area contributed by atoms with Gasteiger partial charge in [0.25, 0.3) is 0 Å². The summed E-state index contributed by atoms with van der Waals surface area (Å²) < 4.78 is 38.1. The first-order valence-corrected chi connectivity index (χ1v) is 7.91. The molecule has 0 spiro atoms. The van der Waals surface area contributed by atoms with E-state index in [0.717, 1.165) is 17.4 Å². The topological polar surface area (TPSA) is 15.3 Å². The predicted octanol–water partition coefficient (Wildman–Crippen LogP) is 3.98. The predicted molar refractivity (Wildman–Crippen MR) is 81.2 cm³/mol. The molecule has 1 aromatic rings. The van der Waals surface area contributed by atoms with Gasteiger partial charge in [0, 0.05) is 17.1 Å². The Balaban J connectivity index is 1.78. The number of halogens is 4. The second-order valence-corrected chi connectivity index (χ2v) is 6.51. The van der Waals surface area contributed by atoms with Gasteiger partial charge in [-0.1, -0.05) is 34.1 Å². The van der Waals surface area contributed by atoms with Gasteiger partial charge in [0.15, 0.2) is 0 Å². The summed E-state index contributed by atoms with van der Waals surface area (Å²) in [6, 6.07) is 8.17. The van der Waals surface area contributed by atoms with Gasteiger partial charge in [-0.25, -0.2) is 0 Å². The monoisotopic (exact) mass is 364 g/mol. The highest BCUT2D eigenvalue weighted by atomic mass is 79.9. The lowest BCUT2D eigenvalue weighted by Crippen LogP contribution is -2.34. The average Bonchev–Trinajstić information content (AvgIpc) is 2.82. The molecule has 1 heterocycles. The van der Waals surface area contributed by atoms with E-state index in [9.17, 15) is 13.2 Å². The lowest BCUT2D eigenvalue weighted by Gasteiger charge is -2.20. The van der Waals surface area contributed by atoms with Crippen molar-refractivity contribution in [3.8, 4) is 0 Å². The van der Waals surface area contributed by atoms with Crippen molar-refractivity contribution in [2.45, 2.75) is 25.6 Å². The normalized spacial score (nSPS) is 21.7. The van der Waals surface area contributed by atoms with Crippen molar-refractivity contribution in [2.24, 2.45) is 5.92 Å². The van der Waals surface area contributed by atoms with Crippen LogP contribution in [-0.2, 0) is 0 Å². The summed E-state index contributed by atoms with van der Waals surface area (Å²) in [5, 5.41) is 3.43. The van der Waals surface area contributed by atoms with Crippen LogP contribution in [0.1, 0.15) is 24.9 Å². The van der Waals surface area contributed by atoms with Crippen LogP contribution in [0.5, 0.6) is 0 Å². The number of rotatable bonds is 5. The van der Waals surface area contributed by atoms with Crippen molar-refractivity contribution >= 4 is 15.9 Å². The minimum Gasteiger partial charge on any atom is -0.310 e. The number of nitrogens with zero attached hydrogens (tertiary/aromatic N) is 1. The summed E-state index contributed by atoms with van der Waals surface area (Å²) in [5.41, 5.74) is 1.17. The Morgan fingerprint density at radius 1 is 1.38 bits per heavy atom. The first-order chi connectivity index (χ1) is 9.85. The molecular formula is C15H20BrF3N2. The van der Waals surface area contributed by atoms with E-state index in [1.54, 1.807) is 0 Å². The molecule has 0 aromatic heterocycles. The number of hydrogen-bond acceptors (Lipinski definition) is 2. The molecule has 0 amide bonds. The van der Waals surface area contributed by atoms with Crippen LogP contribution in [-0.4, -0.2) is 37.3 Å². The Morgan fingerprint density at radius 3 is 2.76 bits per heavy atom. The zero-order chi connectivity index (χ0) is 15.5. The molecule has 0 aliphatic carbocycles. The van der Waals surface area contributed by atoms with Gasteiger partial charge in [0.2, 0.25) is 0 Å². The number of nitrogens with one attached hydrogen (secondary N) is 1. The van der Waals surface area contributed by atoms with E-state index >= 15 is 0 Å². The van der Waals surface area contributed by atoms with E-state index in [1.165, 1.54) is 10.5 Å². The summed E-state index contributed by atoms with van der Waals surface area (Å²) >= 11 is 3.52. The van der Waals surface area contributed by atoms with E-state index in [-0.39, 0.29) is 12.0 Å². The minimum atomic E-state index is -4.09. The van der Waals surface area contributed by atoms with Gasteiger partial charge in [-0.15, -0.1) is 0 Å². The van der Waals surface area contributed by atoms with Crippen molar-refractivity contribution in [1.82, 2.24) is 10.2 Å². The number of benzene rings is 1. The molecule has 2 rings (SSSR count). The fourth-order valence-electron chi connectivity index (χ4n) is 2.76. The van der Waals surface area contributed by atoms with Gasteiger partial charge in [0.1, 0.15) is 0 Å². The van der Waals surface area contributed by atoms with Crippen LogP contribution in [0.4, 0.5) is 13.2 Å². The van der Waals surface area contributed by atoms with Crippen molar-refractivity contribution < 1.29 is 13.2 Å². The quantitative estimate of drug-likeness (QED) is 0.849. The van der Waals surface area contributed by atoms with Crippen LogP contribution in [0, 0.1) is 5.92 Å². The van der Waals surface area contributed by atoms with Crippen molar-refractivity contribution in [1.29, 1.82) is 0 Å². The summed E-state index contributed by atoms with van der Waals surface area (Å²) in [6.07, 6.45) is -3.27. The molecule has 1 fully saturated rings. The minimum absolute atomic E-state index is 0.178. The van der Waals surface area contributed by atoms with Gasteiger partial charge in [-0.2, -0.15) is 13.2 Å². The van der Waals surface area contributed by atoms with E-state index in [1.807, 2.05) is 24.3 Å². The van der Waals surface area contributed by atoms with Crippen LogP contribution >= 0.6 is 15.9 Å². The van der Waals surface area contributed by atoms with Crippen molar-refractivity contribution in [2.75, 3.05) is 26.2 Å². The molecule has 118 valence electrons. The van der Waals surface area contributed by atoms with Gasteiger partial charge in [0.05, 0.1) is 6.54 Å². The molecule has 2 nitrogen and oxygen atoms in total. The standard InChI is InChI=1S/C15H20BrF3N2/c1-11(13-4-2-3-5-14(13)16)20-8-12-6-7-21(9-12)10-15(17,18)19/h2-5,11-12,20H,6-10H2,1H3. The Kier molecular flexibility index (Phi) is 5.68. The van der Waals surface area contributed by atoms with Crippen LogP contribution in [0.15, 0.2) is 28.7 Å². The zero-order valence-corrected chi connectivity index (χ0v) is 13.5. The highest BCUT2D eigenvalue weighted by Gasteiger charge is 2.34. The third-order valence-electron chi connectivity index (χ3n) is 3.86. The summed E-state index contributed by atoms with van der Waals surface area (Å²) in [7, 11) is 0. The van der Waals surface area contributed by atoms with Crippen LogP contribution in [0.2, 0.25) is 0 Å². The Bertz CT molecular complexity index is 464. The Morgan fingerprint density at radius 2 is 2.10 bits per heavy atom. The average molecular weight is 365 g/mol. The Hall–Kier alpha value is -0.590. The lowest BCUT2D eigenvalue weighted by molar-refractivity contribution is -0.143. The smallest absolute Gasteiger partial charge is 0.310 e. The van der Waals surface area contributed by atoms with Crippen LogP contribution < -0.4 is 5.32 Å². The molecule has 21 heavy (non-hydrogen) atoms. The third kappa shape index (κ3) is 5.27. The first-order valence-electron chi connectivity index (χ1n) is 7.12. The van der Waals surface area contributed by atoms with Crippen LogP contribution in [0.3, 0.4) is 0 Å². The highest BCUT2D eigenvalue weighted by Crippen LogP contribution is 2.25. The number of likely N-dealkylation sites (tertiary alicyclic amines) is 1. The summed E-state index contributed by atoms with van der Waals surface area (Å²) in [4.78, 5) is 1.50. The molecule has 0 bridgehead atoms. The molecule has 2 unspecified atom stereocenters. The molecule has 0 saturated carbocycles. The maximum atomic E-state index is 12.4. The zero-order valence-electron chi connectivity index (χ0n) is 12.0. The van der Waals surface area contributed by atoms with Gasteiger partial charge >= 0.3 is 6.18 Å². The number of hydrogen-bond donors (Lipinski definition) is 1. The number of alkyl halides is 3. The molecule has 1 aliphatic rings. The SMILES string of the molecule is CC(NCC1CCN(CC(F)(F)F)C1)c1ccccc1Br. The maximum Gasteiger partial charge on any atom is 0.401 e. The molecule has 2 atom stereocenters. The van der Waals surface area contributed by atoms with Gasteiger partial charge in [-0.05, 0) is 44.0 Å². The van der Waals surface area contributed by atoms with E-state index in [2.05, 4.69) is 28.2 Å². The van der Waals surface area contributed by atoms with Crippen molar-refractivity contribution in [3.63, 3.8) is 0 Å². The lowest BCUT2D eigenvalue weighted by atomic mass is 10.1. The van der Waals surface area contributed by atoms with E-state index in [0.29, 0.717) is 13.1 Å². The third-order valence-corrected chi connectivity index (χ3v) is 4.58. The molecule has 0 radical (unpaired) electrons. The van der Waals surface area contributed by atoms with Crippen molar-refractivity contribution in [3.05, 3.63) is 34.3 Å². The van der Waals surface area contributed by atoms with Crippen LogP contribution in [0.25, 0.3) is 0 Å². The fourth-order valence-corrected chi connectivity index (χ4v) is 3.38. The Labute approximate surface area is 131 Å². The second-order valence-electron chi connectivity index (χ2n) is 5.66. The molecule has 1 N–H and O–H groups in total. The van der Waals surface area contributed by atoms with E-state index in [4.69, 9.17) is 0 Å². The fraction of sp³-hybridized carbons (Fsp3) is 0.600. The highest BCUT2D eigenvalue weighted by molar-refractivity contribution is 9.10. The first kappa shape index (κ1) is 16.8. The van der Waals surface area contributed by atoms with E-state index < -0.39 is 12.7 Å².